The van der Waals surface area contributed by atoms with E-state index in [4.69, 9.17) is 0 Å². The Labute approximate surface area is 113 Å². The topological polar surface area (TPSA) is 29.9 Å². The lowest BCUT2D eigenvalue weighted by molar-refractivity contribution is 0.623. The predicted molar refractivity (Wildman–Crippen MR) is 75.3 cm³/mol. The Balaban J connectivity index is 2.34. The summed E-state index contributed by atoms with van der Waals surface area (Å²) in [6.07, 6.45) is 2.84. The van der Waals surface area contributed by atoms with Gasteiger partial charge in [-0.3, -0.25) is 4.68 Å². The molecule has 4 heteroatoms. The fourth-order valence-electron chi connectivity index (χ4n) is 2.15. The maximum atomic E-state index is 13.5. The average Bonchev–Trinajstić information content (AvgIpc) is 2.88. The van der Waals surface area contributed by atoms with Crippen LogP contribution in [0.5, 0.6) is 0 Å². The van der Waals surface area contributed by atoms with Crippen LogP contribution in [0.15, 0.2) is 30.5 Å². The van der Waals surface area contributed by atoms with Gasteiger partial charge in [-0.05, 0) is 43.7 Å². The largest absolute Gasteiger partial charge is 0.313 e. The first-order chi connectivity index (χ1) is 9.26. The minimum absolute atomic E-state index is 0.210. The highest BCUT2D eigenvalue weighted by molar-refractivity contribution is 5.64. The van der Waals surface area contributed by atoms with Crippen molar-refractivity contribution in [1.82, 2.24) is 15.1 Å². The Kier molecular flexibility index (Phi) is 4.68. The molecule has 0 spiro atoms. The number of aromatic nitrogens is 2. The molecule has 1 N–H and O–H groups in total. The van der Waals surface area contributed by atoms with Crippen LogP contribution in [-0.2, 0) is 13.1 Å². The van der Waals surface area contributed by atoms with Crippen molar-refractivity contribution in [3.8, 4) is 11.3 Å². The quantitative estimate of drug-likeness (QED) is 0.809. The van der Waals surface area contributed by atoms with E-state index in [1.807, 2.05) is 23.7 Å². The standard InChI is InChI=1S/C15H20FN3/c1-3-8-17-11-12-5-6-13(16)10-14(12)15-7-9-18-19(15)4-2/h5-7,9-10,17H,3-4,8,11H2,1-2H3. The van der Waals surface area contributed by atoms with Crippen LogP contribution in [-0.4, -0.2) is 16.3 Å². The lowest BCUT2D eigenvalue weighted by Gasteiger charge is -2.12. The Morgan fingerprint density at radius 1 is 1.26 bits per heavy atom. The van der Waals surface area contributed by atoms with E-state index in [0.717, 1.165) is 42.9 Å². The molecule has 0 aliphatic heterocycles. The van der Waals surface area contributed by atoms with Crippen molar-refractivity contribution >= 4 is 0 Å². The summed E-state index contributed by atoms with van der Waals surface area (Å²) in [6.45, 7) is 6.65. The summed E-state index contributed by atoms with van der Waals surface area (Å²) < 4.78 is 15.4. The third kappa shape index (κ3) is 3.20. The monoisotopic (exact) mass is 261 g/mol. The molecule has 0 saturated carbocycles. The molecule has 0 amide bonds. The summed E-state index contributed by atoms with van der Waals surface area (Å²) in [5.74, 6) is -0.210. The number of aryl methyl sites for hydroxylation is 1. The first-order valence-electron chi connectivity index (χ1n) is 6.77. The minimum Gasteiger partial charge on any atom is -0.313 e. The van der Waals surface area contributed by atoms with Gasteiger partial charge in [0.15, 0.2) is 0 Å². The molecule has 1 aromatic carbocycles. The smallest absolute Gasteiger partial charge is 0.123 e. The van der Waals surface area contributed by atoms with Gasteiger partial charge in [-0.15, -0.1) is 0 Å². The van der Waals surface area contributed by atoms with Gasteiger partial charge >= 0.3 is 0 Å². The predicted octanol–water partition coefficient (Wildman–Crippen LogP) is 3.21. The van der Waals surface area contributed by atoms with Crippen LogP contribution in [0.1, 0.15) is 25.8 Å². The van der Waals surface area contributed by atoms with Crippen LogP contribution in [0.4, 0.5) is 4.39 Å². The van der Waals surface area contributed by atoms with Gasteiger partial charge in [0.1, 0.15) is 5.82 Å². The molecule has 19 heavy (non-hydrogen) atoms. The lowest BCUT2D eigenvalue weighted by atomic mass is 10.0. The lowest BCUT2D eigenvalue weighted by Crippen LogP contribution is -2.15. The molecule has 102 valence electrons. The van der Waals surface area contributed by atoms with E-state index in [0.29, 0.717) is 0 Å². The van der Waals surface area contributed by atoms with E-state index in [1.54, 1.807) is 12.3 Å². The van der Waals surface area contributed by atoms with Gasteiger partial charge in [-0.25, -0.2) is 4.39 Å². The number of hydrogen-bond donors (Lipinski definition) is 1. The van der Waals surface area contributed by atoms with Crippen LogP contribution in [0, 0.1) is 5.82 Å². The van der Waals surface area contributed by atoms with Gasteiger partial charge < -0.3 is 5.32 Å². The van der Waals surface area contributed by atoms with Crippen LogP contribution in [0.25, 0.3) is 11.3 Å². The van der Waals surface area contributed by atoms with E-state index in [2.05, 4.69) is 17.3 Å². The second kappa shape index (κ2) is 6.48. The van der Waals surface area contributed by atoms with E-state index >= 15 is 0 Å². The van der Waals surface area contributed by atoms with Gasteiger partial charge in [0.25, 0.3) is 0 Å². The number of nitrogens with zero attached hydrogens (tertiary/aromatic N) is 2. The Morgan fingerprint density at radius 3 is 2.84 bits per heavy atom. The summed E-state index contributed by atoms with van der Waals surface area (Å²) in [5.41, 5.74) is 2.99. The van der Waals surface area contributed by atoms with Crippen molar-refractivity contribution < 1.29 is 4.39 Å². The van der Waals surface area contributed by atoms with Crippen molar-refractivity contribution in [3.63, 3.8) is 0 Å². The van der Waals surface area contributed by atoms with Gasteiger partial charge in [-0.2, -0.15) is 5.10 Å². The molecule has 3 nitrogen and oxygen atoms in total. The molecule has 0 aliphatic rings. The molecule has 1 heterocycles. The first kappa shape index (κ1) is 13.7. The van der Waals surface area contributed by atoms with Crippen molar-refractivity contribution in [3.05, 3.63) is 41.8 Å². The summed E-state index contributed by atoms with van der Waals surface area (Å²) >= 11 is 0. The molecule has 0 fully saturated rings. The van der Waals surface area contributed by atoms with E-state index in [1.165, 1.54) is 6.07 Å². The molecule has 0 unspecified atom stereocenters. The SMILES string of the molecule is CCCNCc1ccc(F)cc1-c1ccnn1CC. The molecule has 0 saturated heterocycles. The fraction of sp³-hybridized carbons (Fsp3) is 0.400. The summed E-state index contributed by atoms with van der Waals surface area (Å²) in [6, 6.07) is 6.88. The molecule has 0 aliphatic carbocycles. The van der Waals surface area contributed by atoms with Crippen molar-refractivity contribution in [2.45, 2.75) is 33.4 Å². The first-order valence-corrected chi connectivity index (χ1v) is 6.77. The third-order valence-corrected chi connectivity index (χ3v) is 3.11. The van der Waals surface area contributed by atoms with Crippen molar-refractivity contribution in [2.75, 3.05) is 6.54 Å². The molecule has 2 aromatic rings. The normalized spacial score (nSPS) is 10.9. The third-order valence-electron chi connectivity index (χ3n) is 3.11. The minimum atomic E-state index is -0.210. The van der Waals surface area contributed by atoms with Gasteiger partial charge in [0, 0.05) is 24.8 Å². The number of nitrogens with one attached hydrogen (secondary N) is 1. The highest BCUT2D eigenvalue weighted by Gasteiger charge is 2.10. The van der Waals surface area contributed by atoms with Crippen molar-refractivity contribution in [2.24, 2.45) is 0 Å². The van der Waals surface area contributed by atoms with Crippen LogP contribution in [0.2, 0.25) is 0 Å². The molecule has 0 atom stereocenters. The summed E-state index contributed by atoms with van der Waals surface area (Å²) in [4.78, 5) is 0. The number of hydrogen-bond acceptors (Lipinski definition) is 2. The Hall–Kier alpha value is -1.68. The zero-order valence-corrected chi connectivity index (χ0v) is 11.5. The second-order valence-corrected chi connectivity index (χ2v) is 4.51. The summed E-state index contributed by atoms with van der Waals surface area (Å²) in [5, 5.41) is 7.61. The summed E-state index contributed by atoms with van der Waals surface area (Å²) in [7, 11) is 0. The van der Waals surface area contributed by atoms with Gasteiger partial charge in [-0.1, -0.05) is 13.0 Å². The zero-order chi connectivity index (χ0) is 13.7. The number of halogens is 1. The van der Waals surface area contributed by atoms with Crippen molar-refractivity contribution in [1.29, 1.82) is 0 Å². The second-order valence-electron chi connectivity index (χ2n) is 4.51. The average molecular weight is 261 g/mol. The maximum absolute atomic E-state index is 13.5. The van der Waals surface area contributed by atoms with Crippen LogP contribution in [0.3, 0.4) is 0 Å². The van der Waals surface area contributed by atoms with E-state index in [9.17, 15) is 4.39 Å². The highest BCUT2D eigenvalue weighted by atomic mass is 19.1. The molecule has 2 rings (SSSR count). The van der Waals surface area contributed by atoms with E-state index in [-0.39, 0.29) is 5.82 Å². The molecule has 0 bridgehead atoms. The zero-order valence-electron chi connectivity index (χ0n) is 11.5. The fourth-order valence-corrected chi connectivity index (χ4v) is 2.15. The number of rotatable bonds is 6. The Bertz CT molecular complexity index is 534. The van der Waals surface area contributed by atoms with Gasteiger partial charge in [0.05, 0.1) is 5.69 Å². The molecule has 0 radical (unpaired) electrons. The van der Waals surface area contributed by atoms with Gasteiger partial charge in [0.2, 0.25) is 0 Å². The number of benzene rings is 1. The molecular weight excluding hydrogens is 241 g/mol. The maximum Gasteiger partial charge on any atom is 0.123 e. The Morgan fingerprint density at radius 2 is 2.11 bits per heavy atom. The van der Waals surface area contributed by atoms with E-state index < -0.39 is 0 Å². The highest BCUT2D eigenvalue weighted by Crippen LogP contribution is 2.24. The molecular formula is C15H20FN3. The van der Waals surface area contributed by atoms with Crippen LogP contribution >= 0.6 is 0 Å². The molecule has 1 aromatic heterocycles. The van der Waals surface area contributed by atoms with Crippen LogP contribution < -0.4 is 5.32 Å².